The van der Waals surface area contributed by atoms with E-state index in [4.69, 9.17) is 9.47 Å². The molecule has 1 aliphatic rings. The summed E-state index contributed by atoms with van der Waals surface area (Å²) in [6.45, 7) is 4.50. The molecule has 24 heavy (non-hydrogen) atoms. The van der Waals surface area contributed by atoms with Crippen LogP contribution in [0.4, 0.5) is 0 Å². The van der Waals surface area contributed by atoms with Crippen LogP contribution in [-0.4, -0.2) is 45.1 Å². The predicted molar refractivity (Wildman–Crippen MR) is 93.5 cm³/mol. The van der Waals surface area contributed by atoms with Gasteiger partial charge < -0.3 is 19.5 Å². The number of aliphatic hydroxyl groups is 1. The summed E-state index contributed by atoms with van der Waals surface area (Å²) in [5.41, 5.74) is 2.11. The molecule has 0 saturated carbocycles. The van der Waals surface area contributed by atoms with E-state index in [1.165, 1.54) is 10.5 Å². The second-order valence-corrected chi connectivity index (χ2v) is 6.30. The van der Waals surface area contributed by atoms with Crippen LogP contribution in [0.3, 0.4) is 0 Å². The minimum absolute atomic E-state index is 0.0627. The van der Waals surface area contributed by atoms with E-state index >= 15 is 0 Å². The first-order valence-corrected chi connectivity index (χ1v) is 8.56. The molecule has 1 aliphatic heterocycles. The van der Waals surface area contributed by atoms with Gasteiger partial charge in [-0.15, -0.1) is 0 Å². The lowest BCUT2D eigenvalue weighted by molar-refractivity contribution is -0.909. The largest absolute Gasteiger partial charge is 0.497 e. The van der Waals surface area contributed by atoms with Crippen LogP contribution < -0.4 is 9.64 Å². The Morgan fingerprint density at radius 3 is 2.29 bits per heavy atom. The molecule has 2 atom stereocenters. The molecule has 128 valence electrons. The maximum absolute atomic E-state index is 11.0. The Hall–Kier alpha value is -1.88. The van der Waals surface area contributed by atoms with E-state index in [1.54, 1.807) is 7.11 Å². The SMILES string of the molecule is COc1ccc(C(O)C(C[NH+]2CCOCC2)c2ccccc2)cc1. The standard InChI is InChI=1S/C20H25NO3/c1-23-18-9-7-17(8-10-18)20(22)19(16-5-3-2-4-6-16)15-21-11-13-24-14-12-21/h2-10,19-20,22H,11-15H2,1H3/p+1. The van der Waals surface area contributed by atoms with Crippen molar-refractivity contribution in [1.82, 2.24) is 0 Å². The second-order valence-electron chi connectivity index (χ2n) is 6.30. The average molecular weight is 328 g/mol. The third-order valence-corrected chi connectivity index (χ3v) is 4.77. The van der Waals surface area contributed by atoms with Gasteiger partial charge in [0, 0.05) is 0 Å². The topological polar surface area (TPSA) is 43.1 Å². The van der Waals surface area contributed by atoms with Gasteiger partial charge in [0.15, 0.2) is 0 Å². The van der Waals surface area contributed by atoms with Gasteiger partial charge in [0.2, 0.25) is 0 Å². The zero-order chi connectivity index (χ0) is 16.8. The Morgan fingerprint density at radius 2 is 1.67 bits per heavy atom. The highest BCUT2D eigenvalue weighted by Crippen LogP contribution is 2.30. The van der Waals surface area contributed by atoms with Gasteiger partial charge in [-0.2, -0.15) is 0 Å². The molecule has 4 nitrogen and oxygen atoms in total. The monoisotopic (exact) mass is 328 g/mol. The molecule has 0 aliphatic carbocycles. The normalized spacial score (nSPS) is 18.1. The maximum atomic E-state index is 11.0. The van der Waals surface area contributed by atoms with Crippen molar-refractivity contribution in [3.05, 3.63) is 65.7 Å². The fourth-order valence-corrected chi connectivity index (χ4v) is 3.32. The summed E-state index contributed by atoms with van der Waals surface area (Å²) in [6.07, 6.45) is -0.534. The lowest BCUT2D eigenvalue weighted by atomic mass is 9.88. The van der Waals surface area contributed by atoms with Crippen molar-refractivity contribution in [1.29, 1.82) is 0 Å². The summed E-state index contributed by atoms with van der Waals surface area (Å²) >= 11 is 0. The van der Waals surface area contributed by atoms with E-state index in [-0.39, 0.29) is 5.92 Å². The molecular weight excluding hydrogens is 302 g/mol. The Bertz CT molecular complexity index is 609. The highest BCUT2D eigenvalue weighted by Gasteiger charge is 2.28. The van der Waals surface area contributed by atoms with Crippen molar-refractivity contribution in [3.8, 4) is 5.75 Å². The number of rotatable bonds is 6. The Labute approximate surface area is 143 Å². The molecule has 2 aromatic carbocycles. The molecule has 0 bridgehead atoms. The zero-order valence-corrected chi connectivity index (χ0v) is 14.2. The van der Waals surface area contributed by atoms with Crippen molar-refractivity contribution in [2.24, 2.45) is 0 Å². The first-order valence-electron chi connectivity index (χ1n) is 8.56. The number of ether oxygens (including phenoxy) is 2. The summed E-state index contributed by atoms with van der Waals surface area (Å²) in [7, 11) is 1.65. The molecule has 0 radical (unpaired) electrons. The lowest BCUT2D eigenvalue weighted by Crippen LogP contribution is -3.14. The predicted octanol–water partition coefficient (Wildman–Crippen LogP) is 1.43. The van der Waals surface area contributed by atoms with Gasteiger partial charge in [-0.1, -0.05) is 42.5 Å². The third-order valence-electron chi connectivity index (χ3n) is 4.77. The van der Waals surface area contributed by atoms with Crippen molar-refractivity contribution < 1.29 is 19.5 Å². The third kappa shape index (κ3) is 4.15. The minimum atomic E-state index is -0.534. The van der Waals surface area contributed by atoms with Crippen molar-refractivity contribution in [2.75, 3.05) is 40.0 Å². The Balaban J connectivity index is 1.82. The molecule has 2 unspecified atom stereocenters. The van der Waals surface area contributed by atoms with E-state index in [0.717, 1.165) is 44.2 Å². The van der Waals surface area contributed by atoms with Gasteiger partial charge >= 0.3 is 0 Å². The summed E-state index contributed by atoms with van der Waals surface area (Å²) in [5.74, 6) is 0.869. The van der Waals surface area contributed by atoms with Gasteiger partial charge in [0.05, 0.1) is 38.9 Å². The quantitative estimate of drug-likeness (QED) is 0.843. The van der Waals surface area contributed by atoms with E-state index in [2.05, 4.69) is 12.1 Å². The van der Waals surface area contributed by atoms with Crippen LogP contribution in [0.1, 0.15) is 23.1 Å². The minimum Gasteiger partial charge on any atom is -0.497 e. The number of quaternary nitrogens is 1. The number of morpholine rings is 1. The second kappa shape index (κ2) is 8.29. The molecule has 1 fully saturated rings. The van der Waals surface area contributed by atoms with Crippen LogP contribution >= 0.6 is 0 Å². The number of benzene rings is 2. The fourth-order valence-electron chi connectivity index (χ4n) is 3.32. The van der Waals surface area contributed by atoms with Crippen molar-refractivity contribution in [3.63, 3.8) is 0 Å². The van der Waals surface area contributed by atoms with Crippen LogP contribution in [0, 0.1) is 0 Å². The number of methoxy groups -OCH3 is 1. The maximum Gasteiger partial charge on any atom is 0.118 e. The van der Waals surface area contributed by atoms with E-state index < -0.39 is 6.10 Å². The fraction of sp³-hybridized carbons (Fsp3) is 0.400. The molecule has 1 heterocycles. The van der Waals surface area contributed by atoms with Crippen LogP contribution in [-0.2, 0) is 4.74 Å². The molecule has 0 spiro atoms. The Kier molecular flexibility index (Phi) is 5.86. The molecule has 4 heteroatoms. The van der Waals surface area contributed by atoms with Gasteiger partial charge in [0.1, 0.15) is 18.8 Å². The van der Waals surface area contributed by atoms with Gasteiger partial charge in [-0.05, 0) is 23.3 Å². The summed E-state index contributed by atoms with van der Waals surface area (Å²) in [4.78, 5) is 1.49. The number of hydrogen-bond donors (Lipinski definition) is 2. The summed E-state index contributed by atoms with van der Waals surface area (Å²) in [6, 6.07) is 18.0. The zero-order valence-electron chi connectivity index (χ0n) is 14.2. The van der Waals surface area contributed by atoms with E-state index in [0.29, 0.717) is 0 Å². The van der Waals surface area contributed by atoms with E-state index in [9.17, 15) is 5.11 Å². The molecule has 2 N–H and O–H groups in total. The molecule has 3 rings (SSSR count). The van der Waals surface area contributed by atoms with Crippen LogP contribution in [0.25, 0.3) is 0 Å². The molecule has 1 saturated heterocycles. The first-order chi connectivity index (χ1) is 11.8. The number of nitrogens with one attached hydrogen (secondary N) is 1. The number of aliphatic hydroxyl groups excluding tert-OH is 1. The molecule has 2 aromatic rings. The highest BCUT2D eigenvalue weighted by molar-refractivity contribution is 5.31. The average Bonchev–Trinajstić information content (AvgIpc) is 2.67. The molecule has 0 amide bonds. The van der Waals surface area contributed by atoms with Crippen molar-refractivity contribution in [2.45, 2.75) is 12.0 Å². The summed E-state index contributed by atoms with van der Waals surface area (Å²) < 4.78 is 10.7. The van der Waals surface area contributed by atoms with E-state index in [1.807, 2.05) is 42.5 Å². The van der Waals surface area contributed by atoms with Gasteiger partial charge in [0.25, 0.3) is 0 Å². The van der Waals surface area contributed by atoms with Gasteiger partial charge in [-0.25, -0.2) is 0 Å². The first kappa shape index (κ1) is 17.0. The van der Waals surface area contributed by atoms with Gasteiger partial charge in [-0.3, -0.25) is 0 Å². The van der Waals surface area contributed by atoms with Crippen LogP contribution in [0.15, 0.2) is 54.6 Å². The van der Waals surface area contributed by atoms with Crippen molar-refractivity contribution >= 4 is 0 Å². The summed E-state index contributed by atoms with van der Waals surface area (Å²) in [5, 5.41) is 11.0. The van der Waals surface area contributed by atoms with Crippen LogP contribution in [0.2, 0.25) is 0 Å². The lowest BCUT2D eigenvalue weighted by Gasteiger charge is -2.30. The Morgan fingerprint density at radius 1 is 1.00 bits per heavy atom. The molecule has 0 aromatic heterocycles. The van der Waals surface area contributed by atoms with Crippen LogP contribution in [0.5, 0.6) is 5.75 Å². The smallest absolute Gasteiger partial charge is 0.118 e. The molecular formula is C20H26NO3+. The highest BCUT2D eigenvalue weighted by atomic mass is 16.5. The number of hydrogen-bond acceptors (Lipinski definition) is 3.